The van der Waals surface area contributed by atoms with Gasteiger partial charge in [-0.25, -0.2) is 4.98 Å². The van der Waals surface area contributed by atoms with Gasteiger partial charge in [-0.1, -0.05) is 36.4 Å². The zero-order valence-electron chi connectivity index (χ0n) is 12.9. The molecule has 0 radical (unpaired) electrons. The second-order valence-electron chi connectivity index (χ2n) is 5.31. The monoisotopic (exact) mass is 306 g/mol. The molecule has 5 nitrogen and oxygen atoms in total. The topological polar surface area (TPSA) is 61.9 Å². The Balaban J connectivity index is 1.91. The summed E-state index contributed by atoms with van der Waals surface area (Å²) in [5.41, 5.74) is 2.41. The smallest absolute Gasteiger partial charge is 0.273 e. The van der Waals surface area contributed by atoms with Crippen molar-refractivity contribution in [2.75, 3.05) is 0 Å². The highest BCUT2D eigenvalue weighted by Gasteiger charge is 2.24. The number of nitrogens with one attached hydrogen (secondary N) is 1. The fourth-order valence-corrected chi connectivity index (χ4v) is 2.49. The molecule has 1 amide bonds. The molecule has 0 bridgehead atoms. The van der Waals surface area contributed by atoms with Crippen LogP contribution in [0.3, 0.4) is 0 Å². The molecule has 2 heterocycles. The zero-order chi connectivity index (χ0) is 16.1. The zero-order valence-corrected chi connectivity index (χ0v) is 12.9. The van der Waals surface area contributed by atoms with Crippen LogP contribution in [-0.4, -0.2) is 25.8 Å². The van der Waals surface area contributed by atoms with Crippen LogP contribution in [0.2, 0.25) is 0 Å². The van der Waals surface area contributed by atoms with Crippen LogP contribution in [0.25, 0.3) is 0 Å². The second kappa shape index (κ2) is 6.87. The molecule has 23 heavy (non-hydrogen) atoms. The number of hydrogen-bond acceptors (Lipinski definition) is 3. The lowest BCUT2D eigenvalue weighted by Crippen LogP contribution is -2.33. The van der Waals surface area contributed by atoms with Gasteiger partial charge in [0.25, 0.3) is 5.91 Å². The molecule has 0 saturated carbocycles. The second-order valence-corrected chi connectivity index (χ2v) is 5.31. The molecule has 5 heteroatoms. The lowest BCUT2D eigenvalue weighted by molar-refractivity contribution is 0.0665. The maximum absolute atomic E-state index is 12.9. The number of carbonyl (C=O) groups is 1. The lowest BCUT2D eigenvalue weighted by Gasteiger charge is -2.29. The van der Waals surface area contributed by atoms with Crippen molar-refractivity contribution in [3.8, 4) is 0 Å². The van der Waals surface area contributed by atoms with Crippen LogP contribution in [0, 0.1) is 0 Å². The fraction of sp³-hybridized carbons (Fsp3) is 0.167. The number of hydrogen-bond donors (Lipinski definition) is 1. The molecule has 3 aromatic rings. The van der Waals surface area contributed by atoms with Crippen LogP contribution in [-0.2, 0) is 6.54 Å². The Labute approximate surface area is 135 Å². The van der Waals surface area contributed by atoms with Crippen molar-refractivity contribution in [1.29, 1.82) is 0 Å². The molecule has 0 fully saturated rings. The summed E-state index contributed by atoms with van der Waals surface area (Å²) < 4.78 is 0. The molecule has 1 atom stereocenters. The molecule has 1 N–H and O–H groups in total. The average molecular weight is 306 g/mol. The van der Waals surface area contributed by atoms with E-state index in [1.807, 2.05) is 43.3 Å². The highest BCUT2D eigenvalue weighted by molar-refractivity contribution is 5.92. The third-order valence-corrected chi connectivity index (χ3v) is 3.79. The van der Waals surface area contributed by atoms with Gasteiger partial charge in [0.2, 0.25) is 0 Å². The normalized spacial score (nSPS) is 11.9. The Bertz CT molecular complexity index is 741. The molecule has 2 aromatic heterocycles. The molecular formula is C18H18N4O. The number of benzene rings is 1. The van der Waals surface area contributed by atoms with Crippen LogP contribution in [0.15, 0.2) is 67.3 Å². The van der Waals surface area contributed by atoms with Crippen LogP contribution in [0.1, 0.15) is 34.7 Å². The van der Waals surface area contributed by atoms with E-state index in [4.69, 9.17) is 0 Å². The van der Waals surface area contributed by atoms with Crippen molar-refractivity contribution in [2.24, 2.45) is 0 Å². The van der Waals surface area contributed by atoms with Crippen molar-refractivity contribution in [1.82, 2.24) is 19.9 Å². The third kappa shape index (κ3) is 3.45. The van der Waals surface area contributed by atoms with Crippen LogP contribution in [0.5, 0.6) is 0 Å². The van der Waals surface area contributed by atoms with Gasteiger partial charge in [-0.15, -0.1) is 0 Å². The van der Waals surface area contributed by atoms with Crippen LogP contribution in [0.4, 0.5) is 0 Å². The lowest BCUT2D eigenvalue weighted by atomic mass is 10.1. The van der Waals surface area contributed by atoms with Gasteiger partial charge in [0.1, 0.15) is 5.69 Å². The quantitative estimate of drug-likeness (QED) is 0.787. The molecule has 116 valence electrons. The first-order chi connectivity index (χ1) is 11.3. The first-order valence-electron chi connectivity index (χ1n) is 7.50. The number of H-pyrrole nitrogens is 1. The van der Waals surface area contributed by atoms with Crippen LogP contribution < -0.4 is 0 Å². The summed E-state index contributed by atoms with van der Waals surface area (Å²) in [6.07, 6.45) is 4.98. The van der Waals surface area contributed by atoms with Gasteiger partial charge in [0, 0.05) is 12.4 Å². The Kier molecular flexibility index (Phi) is 4.47. The largest absolute Gasteiger partial charge is 0.347 e. The Hall–Kier alpha value is -2.95. The van der Waals surface area contributed by atoms with Crippen molar-refractivity contribution >= 4 is 5.91 Å². The summed E-state index contributed by atoms with van der Waals surface area (Å²) >= 11 is 0. The number of carbonyl (C=O) groups excluding carboxylic acids is 1. The Morgan fingerprint density at radius 3 is 2.61 bits per heavy atom. The van der Waals surface area contributed by atoms with Crippen molar-refractivity contribution < 1.29 is 4.79 Å². The van der Waals surface area contributed by atoms with Crippen LogP contribution >= 0.6 is 0 Å². The molecule has 0 saturated heterocycles. The predicted molar refractivity (Wildman–Crippen MR) is 87.6 cm³/mol. The number of aromatic nitrogens is 3. The van der Waals surface area contributed by atoms with E-state index in [-0.39, 0.29) is 11.9 Å². The first-order valence-corrected chi connectivity index (χ1v) is 7.50. The van der Waals surface area contributed by atoms with E-state index in [2.05, 4.69) is 15.0 Å². The molecule has 0 aliphatic rings. The number of rotatable bonds is 5. The predicted octanol–water partition coefficient (Wildman–Crippen LogP) is 3.21. The van der Waals surface area contributed by atoms with Gasteiger partial charge in [0.15, 0.2) is 0 Å². The summed E-state index contributed by atoms with van der Waals surface area (Å²) in [7, 11) is 0. The highest BCUT2D eigenvalue weighted by Crippen LogP contribution is 2.23. The summed E-state index contributed by atoms with van der Waals surface area (Å²) in [5, 5.41) is 0. The minimum atomic E-state index is -0.100. The van der Waals surface area contributed by atoms with Crippen molar-refractivity contribution in [3.63, 3.8) is 0 Å². The van der Waals surface area contributed by atoms with E-state index < -0.39 is 0 Å². The SMILES string of the molecule is C[C@@H](c1ccccc1)N(Cc1cnc[nH]1)C(=O)c1ccccn1. The number of aromatic amines is 1. The molecule has 1 aromatic carbocycles. The summed E-state index contributed by atoms with van der Waals surface area (Å²) in [4.78, 5) is 26.0. The molecular weight excluding hydrogens is 288 g/mol. The molecule has 3 rings (SSSR count). The van der Waals surface area contributed by atoms with Gasteiger partial charge < -0.3 is 9.88 Å². The number of imidazole rings is 1. The van der Waals surface area contributed by atoms with E-state index in [0.717, 1.165) is 11.3 Å². The van der Waals surface area contributed by atoms with E-state index in [0.29, 0.717) is 12.2 Å². The Morgan fingerprint density at radius 2 is 1.96 bits per heavy atom. The minimum absolute atomic E-state index is 0.0750. The molecule has 0 spiro atoms. The summed E-state index contributed by atoms with van der Waals surface area (Å²) in [5.74, 6) is -0.100. The van der Waals surface area contributed by atoms with E-state index >= 15 is 0 Å². The number of pyridine rings is 1. The fourth-order valence-electron chi connectivity index (χ4n) is 2.49. The molecule has 0 aliphatic heterocycles. The molecule has 0 aliphatic carbocycles. The van der Waals surface area contributed by atoms with E-state index in [1.165, 1.54) is 0 Å². The Morgan fingerprint density at radius 1 is 1.17 bits per heavy atom. The first kappa shape index (κ1) is 15.0. The van der Waals surface area contributed by atoms with Crippen molar-refractivity contribution in [2.45, 2.75) is 19.5 Å². The van der Waals surface area contributed by atoms with Gasteiger partial charge in [-0.3, -0.25) is 9.78 Å². The van der Waals surface area contributed by atoms with E-state index in [9.17, 15) is 4.79 Å². The highest BCUT2D eigenvalue weighted by atomic mass is 16.2. The maximum atomic E-state index is 12.9. The number of amides is 1. The third-order valence-electron chi connectivity index (χ3n) is 3.79. The van der Waals surface area contributed by atoms with Gasteiger partial charge in [-0.05, 0) is 24.6 Å². The number of nitrogens with zero attached hydrogens (tertiary/aromatic N) is 3. The van der Waals surface area contributed by atoms with Gasteiger partial charge in [-0.2, -0.15) is 0 Å². The van der Waals surface area contributed by atoms with Gasteiger partial charge >= 0.3 is 0 Å². The minimum Gasteiger partial charge on any atom is -0.347 e. The molecule has 0 unspecified atom stereocenters. The summed E-state index contributed by atoms with van der Waals surface area (Å²) in [6, 6.07) is 15.3. The average Bonchev–Trinajstić information content (AvgIpc) is 3.13. The van der Waals surface area contributed by atoms with Gasteiger partial charge in [0.05, 0.1) is 24.6 Å². The standard InChI is InChI=1S/C18H18N4O/c1-14(15-7-3-2-4-8-15)22(12-16-11-19-13-21-16)18(23)17-9-5-6-10-20-17/h2-11,13-14H,12H2,1H3,(H,19,21)/t14-/m0/s1. The maximum Gasteiger partial charge on any atom is 0.273 e. The van der Waals surface area contributed by atoms with Crippen molar-refractivity contribution in [3.05, 3.63) is 84.2 Å². The van der Waals surface area contributed by atoms with E-state index in [1.54, 1.807) is 35.8 Å². The summed E-state index contributed by atoms with van der Waals surface area (Å²) in [6.45, 7) is 2.47.